The molecule has 0 atom stereocenters. The first-order valence-electron chi connectivity index (χ1n) is 3.35. The van der Waals surface area contributed by atoms with E-state index in [1.807, 2.05) is 0 Å². The van der Waals surface area contributed by atoms with Gasteiger partial charge in [0.25, 0.3) is 0 Å². The number of thioether (sulfide) groups is 1. The molecule has 0 fully saturated rings. The van der Waals surface area contributed by atoms with Crippen LogP contribution in [-0.2, 0) is 4.74 Å². The molecule has 0 spiro atoms. The van der Waals surface area contributed by atoms with Gasteiger partial charge in [-0.05, 0) is 11.8 Å². The summed E-state index contributed by atoms with van der Waals surface area (Å²) in [6.07, 6.45) is -3.81. The summed E-state index contributed by atoms with van der Waals surface area (Å²) in [7, 11) is 0. The lowest BCUT2D eigenvalue weighted by atomic mass is 10.4. The normalized spacial score (nSPS) is 11.8. The highest BCUT2D eigenvalue weighted by Crippen LogP contribution is 2.23. The van der Waals surface area contributed by atoms with E-state index in [0.717, 1.165) is 0 Å². The van der Waals surface area contributed by atoms with Crippen LogP contribution in [-0.4, -0.2) is 30.0 Å². The molecule has 0 rings (SSSR count). The molecular weight excluding hydrogens is 212 g/mol. The zero-order valence-corrected chi connectivity index (χ0v) is 7.54. The molecule has 0 aliphatic heterocycles. The van der Waals surface area contributed by atoms with Gasteiger partial charge in [-0.3, -0.25) is 0 Å². The van der Waals surface area contributed by atoms with Crippen LogP contribution >= 0.6 is 11.8 Å². The van der Waals surface area contributed by atoms with E-state index in [2.05, 4.69) is 4.74 Å². The molecule has 0 radical (unpaired) electrons. The molecule has 0 saturated heterocycles. The van der Waals surface area contributed by atoms with E-state index in [-0.39, 0.29) is 0 Å². The maximum Gasteiger partial charge on any atom is 0.367 e. The van der Waals surface area contributed by atoms with E-state index in [4.69, 9.17) is 0 Å². The van der Waals surface area contributed by atoms with Crippen molar-refractivity contribution in [1.29, 1.82) is 0 Å². The van der Waals surface area contributed by atoms with Gasteiger partial charge in [0.15, 0.2) is 6.61 Å². The van der Waals surface area contributed by atoms with Crippen LogP contribution in [0.15, 0.2) is 0 Å². The van der Waals surface area contributed by atoms with Crippen molar-refractivity contribution in [3.8, 4) is 0 Å². The molecule has 0 amide bonds. The molecule has 0 N–H and O–H groups in total. The lowest BCUT2D eigenvalue weighted by Crippen LogP contribution is -2.32. The fourth-order valence-electron chi connectivity index (χ4n) is 0.378. The number of alkyl halides is 4. The van der Waals surface area contributed by atoms with Crippen LogP contribution in [0.25, 0.3) is 0 Å². The van der Waals surface area contributed by atoms with Crippen LogP contribution in [0.4, 0.5) is 22.4 Å². The quantitative estimate of drug-likeness (QED) is 0.538. The third-order valence-corrected chi connectivity index (χ3v) is 1.61. The Bertz CT molecular complexity index is 174. The minimum absolute atomic E-state index is 0.346. The second kappa shape index (κ2) is 5.31. The largest absolute Gasteiger partial charge is 0.451 e. The lowest BCUT2D eigenvalue weighted by molar-refractivity contribution is -0.152. The second-order valence-corrected chi connectivity index (χ2v) is 3.23. The Morgan fingerprint density at radius 2 is 2.08 bits per heavy atom. The molecule has 13 heavy (non-hydrogen) atoms. The molecule has 0 aliphatic rings. The number of hydrogen-bond acceptors (Lipinski definition) is 3. The molecule has 7 heteroatoms. The predicted molar refractivity (Wildman–Crippen MR) is 40.4 cm³/mol. The fraction of sp³-hybridized carbons (Fsp3) is 0.833. The van der Waals surface area contributed by atoms with Crippen LogP contribution in [0.2, 0.25) is 0 Å². The van der Waals surface area contributed by atoms with Gasteiger partial charge in [-0.1, -0.05) is 6.92 Å². The van der Waals surface area contributed by atoms with E-state index in [0.29, 0.717) is 17.5 Å². The van der Waals surface area contributed by atoms with Gasteiger partial charge in [-0.25, -0.2) is 13.6 Å². The van der Waals surface area contributed by atoms with Gasteiger partial charge in [-0.2, -0.15) is 8.78 Å². The Balaban J connectivity index is 3.81. The summed E-state index contributed by atoms with van der Waals surface area (Å²) in [5, 5.41) is -0.970. The third-order valence-electron chi connectivity index (χ3n) is 0.964. The second-order valence-electron chi connectivity index (χ2n) is 2.03. The van der Waals surface area contributed by atoms with Crippen molar-refractivity contribution >= 4 is 17.1 Å². The fourth-order valence-corrected chi connectivity index (χ4v) is 0.756. The Morgan fingerprint density at radius 3 is 2.46 bits per heavy atom. The highest BCUT2D eigenvalue weighted by Gasteiger charge is 2.42. The molecular formula is C6H8F4O2S. The topological polar surface area (TPSA) is 26.3 Å². The summed E-state index contributed by atoms with van der Waals surface area (Å²) >= 11 is 0.644. The molecule has 0 unspecified atom stereocenters. The van der Waals surface area contributed by atoms with Crippen molar-refractivity contribution in [2.75, 3.05) is 12.4 Å². The summed E-state index contributed by atoms with van der Waals surface area (Å²) in [4.78, 5) is 10.5. The molecule has 0 aliphatic carbocycles. The molecule has 0 saturated carbocycles. The van der Waals surface area contributed by atoms with Gasteiger partial charge < -0.3 is 4.74 Å². The van der Waals surface area contributed by atoms with Crippen LogP contribution < -0.4 is 0 Å². The zero-order chi connectivity index (χ0) is 10.5. The number of hydrogen-bond donors (Lipinski definition) is 0. The molecule has 78 valence electrons. The summed E-state index contributed by atoms with van der Waals surface area (Å²) < 4.78 is 51.1. The van der Waals surface area contributed by atoms with Crippen molar-refractivity contribution in [3.05, 3.63) is 0 Å². The lowest BCUT2D eigenvalue weighted by Gasteiger charge is -2.14. The van der Waals surface area contributed by atoms with Crippen molar-refractivity contribution in [3.63, 3.8) is 0 Å². The highest BCUT2D eigenvalue weighted by atomic mass is 32.2. The molecule has 0 heterocycles. The Kier molecular flexibility index (Phi) is 5.12. The molecule has 2 nitrogen and oxygen atoms in total. The summed E-state index contributed by atoms with van der Waals surface area (Å²) in [6, 6.07) is 0. The zero-order valence-electron chi connectivity index (χ0n) is 6.73. The first-order chi connectivity index (χ1) is 5.90. The van der Waals surface area contributed by atoms with Crippen molar-refractivity contribution < 1.29 is 27.1 Å². The van der Waals surface area contributed by atoms with E-state index in [9.17, 15) is 22.4 Å². The van der Waals surface area contributed by atoms with Crippen molar-refractivity contribution in [2.24, 2.45) is 0 Å². The van der Waals surface area contributed by atoms with E-state index >= 15 is 0 Å². The average molecular weight is 220 g/mol. The van der Waals surface area contributed by atoms with Crippen LogP contribution in [0, 0.1) is 0 Å². The SMILES string of the molecule is CCSC(=O)OCC(F)(F)C(F)F. The minimum Gasteiger partial charge on any atom is -0.451 e. The average Bonchev–Trinajstić information content (AvgIpc) is 2.01. The Labute approximate surface area is 76.6 Å². The predicted octanol–water partition coefficient (Wildman–Crippen LogP) is 2.78. The first-order valence-corrected chi connectivity index (χ1v) is 4.34. The van der Waals surface area contributed by atoms with Gasteiger partial charge in [0.2, 0.25) is 0 Å². The monoisotopic (exact) mass is 220 g/mol. The summed E-state index contributed by atoms with van der Waals surface area (Å²) in [5.41, 5.74) is 0. The summed E-state index contributed by atoms with van der Waals surface area (Å²) in [6.45, 7) is 0.0354. The number of ether oxygens (including phenoxy) is 1. The minimum atomic E-state index is -4.26. The summed E-state index contributed by atoms with van der Waals surface area (Å²) in [5.74, 6) is -3.91. The molecule has 0 aromatic carbocycles. The van der Waals surface area contributed by atoms with Crippen LogP contribution in [0.1, 0.15) is 6.92 Å². The first kappa shape index (κ1) is 12.5. The van der Waals surface area contributed by atoms with E-state index in [1.165, 1.54) is 0 Å². The molecule has 0 bridgehead atoms. The molecule has 0 aromatic rings. The highest BCUT2D eigenvalue weighted by molar-refractivity contribution is 8.13. The van der Waals surface area contributed by atoms with Crippen LogP contribution in [0.3, 0.4) is 0 Å². The number of carbonyl (C=O) groups excluding carboxylic acids is 1. The van der Waals surface area contributed by atoms with Gasteiger partial charge in [0.1, 0.15) is 0 Å². The Morgan fingerprint density at radius 1 is 1.54 bits per heavy atom. The van der Waals surface area contributed by atoms with E-state index < -0.39 is 24.3 Å². The number of halogens is 4. The van der Waals surface area contributed by atoms with Gasteiger partial charge in [-0.15, -0.1) is 0 Å². The van der Waals surface area contributed by atoms with E-state index in [1.54, 1.807) is 6.92 Å². The van der Waals surface area contributed by atoms with Gasteiger partial charge in [0.05, 0.1) is 0 Å². The maximum absolute atomic E-state index is 12.1. The third kappa shape index (κ3) is 4.97. The molecule has 0 aromatic heterocycles. The number of carbonyl (C=O) groups is 1. The number of rotatable bonds is 4. The maximum atomic E-state index is 12.1. The van der Waals surface area contributed by atoms with Crippen LogP contribution in [0.5, 0.6) is 0 Å². The van der Waals surface area contributed by atoms with Gasteiger partial charge >= 0.3 is 17.6 Å². The smallest absolute Gasteiger partial charge is 0.367 e. The standard InChI is InChI=1S/C6H8F4O2S/c1-2-13-5(11)12-3-6(9,10)4(7)8/h4H,2-3H2,1H3. The van der Waals surface area contributed by atoms with Crippen molar-refractivity contribution in [2.45, 2.75) is 19.3 Å². The van der Waals surface area contributed by atoms with Gasteiger partial charge in [0, 0.05) is 5.75 Å². The Hall–Kier alpha value is -0.460. The van der Waals surface area contributed by atoms with Crippen molar-refractivity contribution in [1.82, 2.24) is 0 Å².